The van der Waals surface area contributed by atoms with Crippen LogP contribution in [0.15, 0.2) is 0 Å². The Morgan fingerprint density at radius 1 is 1.33 bits per heavy atom. The monoisotopic (exact) mass is 212 g/mol. The third-order valence-electron chi connectivity index (χ3n) is 4.33. The van der Waals surface area contributed by atoms with Crippen LogP contribution >= 0.6 is 0 Å². The van der Waals surface area contributed by atoms with Crippen molar-refractivity contribution in [2.75, 3.05) is 19.6 Å². The van der Waals surface area contributed by atoms with Gasteiger partial charge in [0.1, 0.15) is 0 Å². The van der Waals surface area contributed by atoms with Crippen LogP contribution in [0.2, 0.25) is 0 Å². The quantitative estimate of drug-likeness (QED) is 0.648. The zero-order valence-corrected chi connectivity index (χ0v) is 10.7. The van der Waals surface area contributed by atoms with Crippen molar-refractivity contribution in [1.82, 2.24) is 5.32 Å². The molecule has 1 rings (SSSR count). The minimum Gasteiger partial charge on any atom is -0.330 e. The van der Waals surface area contributed by atoms with E-state index in [1.54, 1.807) is 0 Å². The van der Waals surface area contributed by atoms with E-state index in [0.29, 0.717) is 5.41 Å². The first-order valence-electron chi connectivity index (χ1n) is 6.58. The molecular weight excluding hydrogens is 184 g/mol. The van der Waals surface area contributed by atoms with E-state index in [4.69, 9.17) is 5.73 Å². The van der Waals surface area contributed by atoms with E-state index in [1.165, 1.54) is 32.2 Å². The van der Waals surface area contributed by atoms with Gasteiger partial charge in [-0.2, -0.15) is 0 Å². The molecule has 1 atom stereocenters. The van der Waals surface area contributed by atoms with E-state index in [1.807, 2.05) is 0 Å². The molecule has 1 saturated carbocycles. The number of nitrogens with one attached hydrogen (secondary N) is 1. The van der Waals surface area contributed by atoms with Crippen molar-refractivity contribution in [2.45, 2.75) is 46.5 Å². The number of rotatable bonds is 8. The third-order valence-corrected chi connectivity index (χ3v) is 4.33. The Kier molecular flexibility index (Phi) is 5.07. The molecule has 1 fully saturated rings. The lowest BCUT2D eigenvalue weighted by Crippen LogP contribution is -2.41. The minimum absolute atomic E-state index is 0.337. The van der Waals surface area contributed by atoms with Gasteiger partial charge in [0.15, 0.2) is 0 Å². The summed E-state index contributed by atoms with van der Waals surface area (Å²) in [7, 11) is 0. The summed E-state index contributed by atoms with van der Waals surface area (Å²) >= 11 is 0. The first-order valence-corrected chi connectivity index (χ1v) is 6.58. The van der Waals surface area contributed by atoms with Gasteiger partial charge in [0.05, 0.1) is 0 Å². The molecule has 2 nitrogen and oxygen atoms in total. The zero-order valence-electron chi connectivity index (χ0n) is 10.7. The molecule has 0 radical (unpaired) electrons. The molecule has 90 valence electrons. The molecule has 0 aromatic rings. The van der Waals surface area contributed by atoms with Gasteiger partial charge in [-0.25, -0.2) is 0 Å². The van der Waals surface area contributed by atoms with Gasteiger partial charge in [-0.15, -0.1) is 0 Å². The first kappa shape index (κ1) is 13.0. The Hall–Kier alpha value is -0.0800. The van der Waals surface area contributed by atoms with Crippen LogP contribution in [0.3, 0.4) is 0 Å². The fourth-order valence-corrected chi connectivity index (χ4v) is 2.26. The van der Waals surface area contributed by atoms with Crippen LogP contribution in [-0.4, -0.2) is 19.6 Å². The molecule has 0 spiro atoms. The Labute approximate surface area is 95.0 Å². The van der Waals surface area contributed by atoms with Crippen molar-refractivity contribution < 1.29 is 0 Å². The Morgan fingerprint density at radius 3 is 2.33 bits per heavy atom. The highest BCUT2D eigenvalue weighted by molar-refractivity contribution is 4.83. The highest BCUT2D eigenvalue weighted by Crippen LogP contribution is 2.36. The lowest BCUT2D eigenvalue weighted by molar-refractivity contribution is 0.252. The molecule has 3 N–H and O–H groups in total. The largest absolute Gasteiger partial charge is 0.330 e. The minimum atomic E-state index is 0.337. The standard InChI is InChI=1S/C13H28N2/c1-4-13(5-2,9-14)10-15-8-11(3)12-6-7-12/h11-12,15H,4-10,14H2,1-3H3. The molecule has 1 unspecified atom stereocenters. The zero-order chi connectivity index (χ0) is 11.3. The van der Waals surface area contributed by atoms with Crippen LogP contribution in [0.5, 0.6) is 0 Å². The van der Waals surface area contributed by atoms with Crippen LogP contribution in [-0.2, 0) is 0 Å². The van der Waals surface area contributed by atoms with E-state index in [9.17, 15) is 0 Å². The molecule has 1 aliphatic carbocycles. The lowest BCUT2D eigenvalue weighted by Gasteiger charge is -2.31. The lowest BCUT2D eigenvalue weighted by atomic mass is 9.82. The molecular formula is C13H28N2. The van der Waals surface area contributed by atoms with Crippen LogP contribution < -0.4 is 11.1 Å². The van der Waals surface area contributed by atoms with Crippen molar-refractivity contribution in [1.29, 1.82) is 0 Å². The summed E-state index contributed by atoms with van der Waals surface area (Å²) < 4.78 is 0. The molecule has 0 saturated heterocycles. The molecule has 0 amide bonds. The maximum absolute atomic E-state index is 5.88. The van der Waals surface area contributed by atoms with Gasteiger partial charge >= 0.3 is 0 Å². The second kappa shape index (κ2) is 5.86. The van der Waals surface area contributed by atoms with Gasteiger partial charge in [-0.05, 0) is 56.0 Å². The van der Waals surface area contributed by atoms with Crippen LogP contribution in [0.4, 0.5) is 0 Å². The summed E-state index contributed by atoms with van der Waals surface area (Å²) in [4.78, 5) is 0. The third kappa shape index (κ3) is 3.76. The topological polar surface area (TPSA) is 38.0 Å². The van der Waals surface area contributed by atoms with Crippen LogP contribution in [0, 0.1) is 17.3 Å². The average Bonchev–Trinajstić information content (AvgIpc) is 3.08. The van der Waals surface area contributed by atoms with E-state index in [-0.39, 0.29) is 0 Å². The molecule has 0 aromatic heterocycles. The molecule has 2 heteroatoms. The highest BCUT2D eigenvalue weighted by atomic mass is 14.9. The molecule has 15 heavy (non-hydrogen) atoms. The smallest absolute Gasteiger partial charge is 0.00198 e. The number of hydrogen-bond donors (Lipinski definition) is 2. The second-order valence-corrected chi connectivity index (χ2v) is 5.36. The summed E-state index contributed by atoms with van der Waals surface area (Å²) in [5, 5.41) is 3.62. The predicted octanol–water partition coefficient (Wildman–Crippen LogP) is 2.39. The van der Waals surface area contributed by atoms with E-state index < -0.39 is 0 Å². The van der Waals surface area contributed by atoms with E-state index in [2.05, 4.69) is 26.1 Å². The molecule has 0 bridgehead atoms. The van der Waals surface area contributed by atoms with Gasteiger partial charge in [-0.1, -0.05) is 20.8 Å². The van der Waals surface area contributed by atoms with Crippen molar-refractivity contribution >= 4 is 0 Å². The van der Waals surface area contributed by atoms with Crippen molar-refractivity contribution in [3.05, 3.63) is 0 Å². The Balaban J connectivity index is 2.20. The number of hydrogen-bond acceptors (Lipinski definition) is 2. The van der Waals surface area contributed by atoms with Gasteiger partial charge in [0.25, 0.3) is 0 Å². The predicted molar refractivity (Wildman–Crippen MR) is 66.8 cm³/mol. The van der Waals surface area contributed by atoms with Gasteiger partial charge in [0, 0.05) is 6.54 Å². The maximum Gasteiger partial charge on any atom is 0.00198 e. The maximum atomic E-state index is 5.88. The summed E-state index contributed by atoms with van der Waals surface area (Å²) in [6.45, 7) is 9.95. The second-order valence-electron chi connectivity index (χ2n) is 5.36. The van der Waals surface area contributed by atoms with Crippen molar-refractivity contribution in [3.8, 4) is 0 Å². The van der Waals surface area contributed by atoms with Gasteiger partial charge in [0.2, 0.25) is 0 Å². The average molecular weight is 212 g/mol. The van der Waals surface area contributed by atoms with E-state index >= 15 is 0 Å². The first-order chi connectivity index (χ1) is 7.17. The van der Waals surface area contributed by atoms with Crippen LogP contribution in [0.25, 0.3) is 0 Å². The molecule has 0 aliphatic heterocycles. The Morgan fingerprint density at radius 2 is 1.93 bits per heavy atom. The molecule has 1 aliphatic rings. The van der Waals surface area contributed by atoms with Gasteiger partial charge < -0.3 is 11.1 Å². The highest BCUT2D eigenvalue weighted by Gasteiger charge is 2.28. The Bertz CT molecular complexity index is 163. The summed E-state index contributed by atoms with van der Waals surface area (Å²) in [6.07, 6.45) is 5.27. The van der Waals surface area contributed by atoms with Gasteiger partial charge in [-0.3, -0.25) is 0 Å². The van der Waals surface area contributed by atoms with Crippen molar-refractivity contribution in [2.24, 2.45) is 23.0 Å². The SMILES string of the molecule is CCC(CC)(CN)CNCC(C)C1CC1. The number of nitrogens with two attached hydrogens (primary N) is 1. The van der Waals surface area contributed by atoms with Crippen molar-refractivity contribution in [3.63, 3.8) is 0 Å². The summed E-state index contributed by atoms with van der Waals surface area (Å²) in [6, 6.07) is 0. The van der Waals surface area contributed by atoms with Crippen LogP contribution in [0.1, 0.15) is 46.5 Å². The summed E-state index contributed by atoms with van der Waals surface area (Å²) in [5.41, 5.74) is 6.21. The molecule has 0 heterocycles. The van der Waals surface area contributed by atoms with E-state index in [0.717, 1.165) is 24.9 Å². The fraction of sp³-hybridized carbons (Fsp3) is 1.00. The fourth-order valence-electron chi connectivity index (χ4n) is 2.26. The summed E-state index contributed by atoms with van der Waals surface area (Å²) in [5.74, 6) is 1.86. The normalized spacial score (nSPS) is 19.2. The molecule has 0 aromatic carbocycles.